The molecule has 5 N–H and O–H groups in total. The van der Waals surface area contributed by atoms with Crippen LogP contribution in [0, 0.1) is 11.3 Å². The second kappa shape index (κ2) is 14.8. The van der Waals surface area contributed by atoms with Crippen molar-refractivity contribution in [2.75, 3.05) is 66.0 Å². The molecule has 3 fully saturated rings. The molecule has 15 nitrogen and oxygen atoms in total. The van der Waals surface area contributed by atoms with Gasteiger partial charge >= 0.3 is 22.3 Å². The number of aromatic amines is 1. The number of aromatic nitrogens is 1. The molecule has 1 aromatic heterocycles. The van der Waals surface area contributed by atoms with Crippen LogP contribution in [0.4, 0.5) is 5.69 Å². The lowest BCUT2D eigenvalue weighted by Crippen LogP contribution is -2.74. The minimum atomic E-state index is -4.67. The summed E-state index contributed by atoms with van der Waals surface area (Å²) in [5, 5.41) is 25.9. The smallest absolute Gasteiger partial charge is 0.394 e. The van der Waals surface area contributed by atoms with E-state index in [0.29, 0.717) is 43.5 Å². The third-order valence-corrected chi connectivity index (χ3v) is 15.2. The number of fused-ring (bicyclic) bond motifs is 6. The largest absolute Gasteiger partial charge is 0.496 e. The molecule has 16 heteroatoms. The molecule has 1 spiro atoms. The van der Waals surface area contributed by atoms with Crippen molar-refractivity contribution < 1.29 is 51.5 Å². The van der Waals surface area contributed by atoms with Gasteiger partial charge < -0.3 is 34.3 Å². The summed E-state index contributed by atoms with van der Waals surface area (Å²) in [6.45, 7) is 7.89. The van der Waals surface area contributed by atoms with Crippen LogP contribution < -0.4 is 9.64 Å². The highest BCUT2D eigenvalue weighted by molar-refractivity contribution is 7.79. The van der Waals surface area contributed by atoms with Crippen molar-refractivity contribution in [3.63, 3.8) is 0 Å². The standard InChI is InChI=1S/C44H56N4O7.H2O4S/c1-7-40-15-11-17-48-19-16-42(36(40)48)30-20-31(34(53-4)21-33(30)46(3)37(42)44(52,25-40)39(50)55-6)43(38(49)54-5)23-27-22-41(51,8-2)26-47(24-27)18-14-29-28-12-9-10-13-32(28)45-35(29)43;1-5(2,3)4/h9-13,15,20-21,27,36-37,45,51-52H,7-8,14,16-19,22-26H2,1-6H3;(H2,1,2,3,4). The van der Waals surface area contributed by atoms with Crippen molar-refractivity contribution in [1.29, 1.82) is 0 Å². The topological polar surface area (TPSA) is 202 Å². The normalized spacial score (nSPS) is 35.4. The third kappa shape index (κ3) is 6.22. The molecule has 9 rings (SSSR count). The highest BCUT2D eigenvalue weighted by Gasteiger charge is 2.75. The number of esters is 2. The Morgan fingerprint density at radius 1 is 0.950 bits per heavy atom. The number of hydrogen-bond donors (Lipinski definition) is 5. The van der Waals surface area contributed by atoms with Crippen LogP contribution >= 0.6 is 0 Å². The number of carbonyl (C=O) groups excluding carboxylic acids is 2. The van der Waals surface area contributed by atoms with Crippen molar-refractivity contribution in [3.8, 4) is 5.75 Å². The van der Waals surface area contributed by atoms with Gasteiger partial charge in [-0.05, 0) is 80.7 Å². The number of para-hydroxylation sites is 1. The van der Waals surface area contributed by atoms with Crippen molar-refractivity contribution in [2.24, 2.45) is 11.3 Å². The van der Waals surface area contributed by atoms with Crippen LogP contribution in [0.5, 0.6) is 5.75 Å². The number of likely N-dealkylation sites (N-methyl/N-ethyl adjacent to an activating group) is 1. The lowest BCUT2D eigenvalue weighted by atomic mass is 9.49. The molecule has 1 aliphatic carbocycles. The van der Waals surface area contributed by atoms with E-state index in [4.69, 9.17) is 31.7 Å². The van der Waals surface area contributed by atoms with E-state index in [9.17, 15) is 15.0 Å². The number of aliphatic hydroxyl groups is 2. The summed E-state index contributed by atoms with van der Waals surface area (Å²) in [5.74, 6) is -0.513. The van der Waals surface area contributed by atoms with Crippen LogP contribution in [0.3, 0.4) is 0 Å². The number of carbonyl (C=O) groups is 2. The van der Waals surface area contributed by atoms with Gasteiger partial charge in [-0.2, -0.15) is 8.42 Å². The zero-order valence-corrected chi connectivity index (χ0v) is 36.0. The maximum absolute atomic E-state index is 15.2. The quantitative estimate of drug-likeness (QED) is 0.136. The molecule has 1 saturated carbocycles. The Morgan fingerprint density at radius 3 is 2.33 bits per heavy atom. The zero-order valence-electron chi connectivity index (χ0n) is 35.2. The maximum Gasteiger partial charge on any atom is 0.394 e. The molecule has 5 aliphatic heterocycles. The average Bonchev–Trinajstić information content (AvgIpc) is 3.88. The SMILES string of the molecule is CCC1(O)CC2CN(CCc3c([nH]c4ccccc34)C(C(=O)OC)(c3cc4c(cc3OC)N(C)C3C(O)(C(=O)OC)CC5(CC)C=CCN6CCC43C65)C2)C1.O=S(=O)(O)O. The first-order valence-electron chi connectivity index (χ1n) is 20.9. The van der Waals surface area contributed by atoms with E-state index in [1.165, 1.54) is 14.2 Å². The maximum atomic E-state index is 15.2. The predicted octanol–water partition coefficient (Wildman–Crippen LogP) is 3.80. The van der Waals surface area contributed by atoms with Crippen LogP contribution in [-0.2, 0) is 46.7 Å². The molecular formula is C44H58N4O11S. The molecule has 2 aromatic carbocycles. The number of H-pyrrole nitrogens is 1. The number of nitrogens with one attached hydrogen (secondary N) is 1. The van der Waals surface area contributed by atoms with E-state index >= 15 is 4.79 Å². The van der Waals surface area contributed by atoms with Gasteiger partial charge in [-0.1, -0.05) is 44.2 Å². The monoisotopic (exact) mass is 850 g/mol. The number of rotatable bonds is 6. The van der Waals surface area contributed by atoms with Gasteiger partial charge in [0.15, 0.2) is 5.60 Å². The third-order valence-electron chi connectivity index (χ3n) is 15.2. The second-order valence-electron chi connectivity index (χ2n) is 18.1. The van der Waals surface area contributed by atoms with Gasteiger partial charge in [0.25, 0.3) is 0 Å². The lowest BCUT2D eigenvalue weighted by molar-refractivity contribution is -0.181. The summed E-state index contributed by atoms with van der Waals surface area (Å²) >= 11 is 0. The molecule has 6 heterocycles. The zero-order chi connectivity index (χ0) is 43.2. The average molecular weight is 851 g/mol. The van der Waals surface area contributed by atoms with Crippen LogP contribution in [0.2, 0.25) is 0 Å². The van der Waals surface area contributed by atoms with Gasteiger partial charge in [0.1, 0.15) is 11.2 Å². The summed E-state index contributed by atoms with van der Waals surface area (Å²) < 4.78 is 49.3. The Labute approximate surface area is 351 Å². The number of nitrogens with zero attached hydrogens (tertiary/aromatic N) is 3. The van der Waals surface area contributed by atoms with Gasteiger partial charge in [0, 0.05) is 84.0 Å². The fourth-order valence-electron chi connectivity index (χ4n) is 13.2. The number of piperidine rings is 1. The summed E-state index contributed by atoms with van der Waals surface area (Å²) in [7, 11) is 1.78. The Balaban J connectivity index is 0.000000943. The number of ether oxygens (including phenoxy) is 3. The molecule has 60 heavy (non-hydrogen) atoms. The molecule has 9 unspecified atom stereocenters. The number of methoxy groups -OCH3 is 3. The van der Waals surface area contributed by atoms with Gasteiger partial charge in [0.2, 0.25) is 0 Å². The minimum Gasteiger partial charge on any atom is -0.496 e. The van der Waals surface area contributed by atoms with E-state index in [0.717, 1.165) is 72.4 Å². The number of benzene rings is 2. The molecule has 2 saturated heterocycles. The fraction of sp³-hybridized carbons (Fsp3) is 0.591. The van der Waals surface area contributed by atoms with Crippen molar-refractivity contribution in [2.45, 2.75) is 92.9 Å². The first-order chi connectivity index (χ1) is 28.4. The van der Waals surface area contributed by atoms with Crippen LogP contribution in [-0.4, -0.2) is 139 Å². The first kappa shape index (κ1) is 42.7. The molecular weight excluding hydrogens is 793 g/mol. The molecule has 3 aromatic rings. The number of anilines is 1. The van der Waals surface area contributed by atoms with E-state index in [1.54, 1.807) is 7.11 Å². The van der Waals surface area contributed by atoms with Gasteiger partial charge in [-0.15, -0.1) is 0 Å². The van der Waals surface area contributed by atoms with E-state index < -0.39 is 49.9 Å². The van der Waals surface area contributed by atoms with E-state index in [1.807, 2.05) is 32.2 Å². The molecule has 6 aliphatic rings. The Morgan fingerprint density at radius 2 is 1.67 bits per heavy atom. The van der Waals surface area contributed by atoms with Crippen molar-refractivity contribution in [1.82, 2.24) is 14.8 Å². The summed E-state index contributed by atoms with van der Waals surface area (Å²) in [6, 6.07) is 11.8. The fourth-order valence-corrected chi connectivity index (χ4v) is 13.2. The van der Waals surface area contributed by atoms with E-state index in [2.05, 4.69) is 57.0 Å². The Hall–Kier alpha value is -4.03. The molecule has 326 valence electrons. The Bertz CT molecular complexity index is 2340. The molecule has 9 atom stereocenters. The Kier molecular flexibility index (Phi) is 10.5. The minimum absolute atomic E-state index is 0.000384. The summed E-state index contributed by atoms with van der Waals surface area (Å²) in [6.07, 6.45) is 8.41. The molecule has 2 bridgehead atoms. The predicted molar refractivity (Wildman–Crippen MR) is 224 cm³/mol. The van der Waals surface area contributed by atoms with Crippen LogP contribution in [0.25, 0.3) is 10.9 Å². The van der Waals surface area contributed by atoms with Crippen molar-refractivity contribution in [3.05, 3.63) is 70.9 Å². The second-order valence-corrected chi connectivity index (χ2v) is 19.0. The van der Waals surface area contributed by atoms with Gasteiger partial charge in [0.05, 0.1) is 33.0 Å². The number of hydrogen-bond acceptors (Lipinski definition) is 12. The van der Waals surface area contributed by atoms with Crippen LogP contribution in [0.1, 0.15) is 74.8 Å². The molecule has 0 amide bonds. The van der Waals surface area contributed by atoms with Crippen LogP contribution in [0.15, 0.2) is 48.6 Å². The van der Waals surface area contributed by atoms with Gasteiger partial charge in [-0.3, -0.25) is 23.7 Å². The first-order valence-corrected chi connectivity index (χ1v) is 22.3. The highest BCUT2D eigenvalue weighted by Crippen LogP contribution is 2.67. The van der Waals surface area contributed by atoms with Crippen molar-refractivity contribution >= 4 is 38.9 Å². The van der Waals surface area contributed by atoms with E-state index in [-0.39, 0.29) is 24.3 Å². The highest BCUT2D eigenvalue weighted by atomic mass is 32.3. The lowest BCUT2D eigenvalue weighted by Gasteiger charge is -2.60. The molecule has 0 radical (unpaired) electrons. The van der Waals surface area contributed by atoms with Gasteiger partial charge in [-0.25, -0.2) is 4.79 Å². The summed E-state index contributed by atoms with van der Waals surface area (Å²) in [5.41, 5.74) is 0.205. The summed E-state index contributed by atoms with van der Waals surface area (Å²) in [4.78, 5) is 40.0.